The first kappa shape index (κ1) is 12.8. The smallest absolute Gasteiger partial charge is 0.243 e. The Balaban J connectivity index is 2.03. The first-order valence-electron chi connectivity index (χ1n) is 6.48. The summed E-state index contributed by atoms with van der Waals surface area (Å²) in [5.74, 6) is 0.868. The highest BCUT2D eigenvalue weighted by atomic mass is 16.5. The fraction of sp³-hybridized carbons (Fsp3) is 0.200. The van der Waals surface area contributed by atoms with Crippen molar-refractivity contribution in [1.29, 1.82) is 0 Å². The van der Waals surface area contributed by atoms with Crippen molar-refractivity contribution in [2.24, 2.45) is 5.73 Å². The van der Waals surface area contributed by atoms with Crippen molar-refractivity contribution < 1.29 is 9.63 Å². The number of fused-ring (bicyclic) bond motifs is 1. The molecule has 0 spiro atoms. The van der Waals surface area contributed by atoms with Gasteiger partial charge in [-0.25, -0.2) is 0 Å². The monoisotopic (exact) mass is 269 g/mol. The molecule has 2 aromatic carbocycles. The van der Waals surface area contributed by atoms with Crippen molar-refractivity contribution in [1.82, 2.24) is 10.1 Å². The lowest BCUT2D eigenvalue weighted by atomic mass is 10.0. The fourth-order valence-electron chi connectivity index (χ4n) is 2.18. The average Bonchev–Trinajstić information content (AvgIpc) is 2.97. The number of hydrogen-bond acceptors (Lipinski definition) is 5. The minimum Gasteiger partial charge on any atom is -0.396 e. The third-order valence-corrected chi connectivity index (χ3v) is 3.23. The Morgan fingerprint density at radius 2 is 1.95 bits per heavy atom. The Morgan fingerprint density at radius 3 is 2.80 bits per heavy atom. The molecule has 1 atom stereocenters. The van der Waals surface area contributed by atoms with Crippen molar-refractivity contribution in [2.45, 2.75) is 12.5 Å². The van der Waals surface area contributed by atoms with Gasteiger partial charge in [0.1, 0.15) is 0 Å². The van der Waals surface area contributed by atoms with Crippen molar-refractivity contribution >= 4 is 10.8 Å². The zero-order valence-electron chi connectivity index (χ0n) is 10.9. The van der Waals surface area contributed by atoms with Gasteiger partial charge in [-0.15, -0.1) is 0 Å². The molecule has 20 heavy (non-hydrogen) atoms. The van der Waals surface area contributed by atoms with E-state index in [2.05, 4.69) is 10.1 Å². The van der Waals surface area contributed by atoms with E-state index < -0.39 is 6.04 Å². The molecule has 0 amide bonds. The van der Waals surface area contributed by atoms with E-state index in [1.807, 2.05) is 42.5 Å². The molecule has 0 bridgehead atoms. The molecule has 1 aromatic heterocycles. The highest BCUT2D eigenvalue weighted by Gasteiger charge is 2.16. The summed E-state index contributed by atoms with van der Waals surface area (Å²) in [7, 11) is 0. The van der Waals surface area contributed by atoms with Crippen LogP contribution < -0.4 is 5.73 Å². The predicted molar refractivity (Wildman–Crippen MR) is 75.9 cm³/mol. The molecule has 0 fully saturated rings. The van der Waals surface area contributed by atoms with Gasteiger partial charge in [-0.2, -0.15) is 4.98 Å². The molecule has 3 rings (SSSR count). The van der Waals surface area contributed by atoms with Crippen molar-refractivity contribution in [3.63, 3.8) is 0 Å². The summed E-state index contributed by atoms with van der Waals surface area (Å²) in [5.41, 5.74) is 6.76. The second kappa shape index (κ2) is 5.40. The summed E-state index contributed by atoms with van der Waals surface area (Å²) in [6, 6.07) is 13.5. The molecular weight excluding hydrogens is 254 g/mol. The van der Waals surface area contributed by atoms with Gasteiger partial charge >= 0.3 is 0 Å². The second-order valence-corrected chi connectivity index (χ2v) is 4.60. The lowest BCUT2D eigenvalue weighted by molar-refractivity contribution is 0.259. The predicted octanol–water partition coefficient (Wildman–Crippen LogP) is 2.27. The summed E-state index contributed by atoms with van der Waals surface area (Å²) in [5, 5.41) is 15.1. The van der Waals surface area contributed by atoms with Crippen molar-refractivity contribution in [2.75, 3.05) is 6.61 Å². The van der Waals surface area contributed by atoms with Crippen LogP contribution in [0.2, 0.25) is 0 Å². The number of nitrogens with zero attached hydrogens (tertiary/aromatic N) is 2. The molecule has 0 aliphatic rings. The highest BCUT2D eigenvalue weighted by Crippen LogP contribution is 2.27. The van der Waals surface area contributed by atoms with E-state index in [-0.39, 0.29) is 6.61 Å². The quantitative estimate of drug-likeness (QED) is 0.759. The van der Waals surface area contributed by atoms with Gasteiger partial charge in [0.15, 0.2) is 0 Å². The molecule has 0 radical (unpaired) electrons. The van der Waals surface area contributed by atoms with Crippen LogP contribution in [0.4, 0.5) is 0 Å². The van der Waals surface area contributed by atoms with Crippen LogP contribution in [-0.4, -0.2) is 21.9 Å². The van der Waals surface area contributed by atoms with E-state index in [9.17, 15) is 0 Å². The third kappa shape index (κ3) is 2.29. The molecule has 0 saturated carbocycles. The van der Waals surface area contributed by atoms with Gasteiger partial charge in [0.25, 0.3) is 0 Å². The van der Waals surface area contributed by atoms with Gasteiger partial charge in [-0.05, 0) is 17.2 Å². The normalized spacial score (nSPS) is 12.7. The van der Waals surface area contributed by atoms with Gasteiger partial charge in [0, 0.05) is 12.2 Å². The standard InChI is InChI=1S/C15H15N3O2/c16-13(8-9-19)15-17-14(18-20-15)12-7-3-5-10-4-1-2-6-11(10)12/h1-7,13,19H,8-9,16H2. The second-order valence-electron chi connectivity index (χ2n) is 4.60. The summed E-state index contributed by atoms with van der Waals surface area (Å²) in [4.78, 5) is 4.34. The number of rotatable bonds is 4. The van der Waals surface area contributed by atoms with Gasteiger partial charge in [-0.1, -0.05) is 47.6 Å². The minimum absolute atomic E-state index is 0.00680. The molecule has 0 saturated heterocycles. The van der Waals surface area contributed by atoms with Crippen LogP contribution in [0.25, 0.3) is 22.2 Å². The summed E-state index contributed by atoms with van der Waals surface area (Å²) in [6.45, 7) is -0.00680. The third-order valence-electron chi connectivity index (χ3n) is 3.23. The summed E-state index contributed by atoms with van der Waals surface area (Å²) < 4.78 is 5.19. The largest absolute Gasteiger partial charge is 0.396 e. The maximum Gasteiger partial charge on any atom is 0.243 e. The average molecular weight is 269 g/mol. The molecule has 1 unspecified atom stereocenters. The Morgan fingerprint density at radius 1 is 1.15 bits per heavy atom. The molecule has 0 aliphatic heterocycles. The van der Waals surface area contributed by atoms with E-state index >= 15 is 0 Å². The number of aliphatic hydroxyl groups excluding tert-OH is 1. The van der Waals surface area contributed by atoms with E-state index in [4.69, 9.17) is 15.4 Å². The number of benzene rings is 2. The topological polar surface area (TPSA) is 85.2 Å². The van der Waals surface area contributed by atoms with Crippen LogP contribution >= 0.6 is 0 Å². The van der Waals surface area contributed by atoms with E-state index in [1.54, 1.807) is 0 Å². The Hall–Kier alpha value is -2.24. The van der Waals surface area contributed by atoms with Crippen LogP contribution in [0.5, 0.6) is 0 Å². The van der Waals surface area contributed by atoms with Gasteiger partial charge < -0.3 is 15.4 Å². The Kier molecular flexibility index (Phi) is 3.45. The zero-order chi connectivity index (χ0) is 13.9. The van der Waals surface area contributed by atoms with Crippen LogP contribution in [0.3, 0.4) is 0 Å². The lowest BCUT2D eigenvalue weighted by Crippen LogP contribution is -2.12. The molecule has 5 heteroatoms. The fourth-order valence-corrected chi connectivity index (χ4v) is 2.18. The van der Waals surface area contributed by atoms with Gasteiger partial charge in [0.2, 0.25) is 11.7 Å². The number of aromatic nitrogens is 2. The minimum atomic E-state index is -0.434. The summed E-state index contributed by atoms with van der Waals surface area (Å²) >= 11 is 0. The highest BCUT2D eigenvalue weighted by molar-refractivity contribution is 5.94. The number of nitrogens with two attached hydrogens (primary N) is 1. The molecule has 102 valence electrons. The van der Waals surface area contributed by atoms with E-state index in [0.29, 0.717) is 18.1 Å². The van der Waals surface area contributed by atoms with Crippen LogP contribution in [0.1, 0.15) is 18.4 Å². The number of aliphatic hydroxyl groups is 1. The first-order chi connectivity index (χ1) is 9.79. The molecule has 1 heterocycles. The van der Waals surface area contributed by atoms with Gasteiger partial charge in [0.05, 0.1) is 6.04 Å². The van der Waals surface area contributed by atoms with Crippen LogP contribution in [0, 0.1) is 0 Å². The summed E-state index contributed by atoms with van der Waals surface area (Å²) in [6.07, 6.45) is 0.400. The van der Waals surface area contributed by atoms with Gasteiger partial charge in [-0.3, -0.25) is 0 Å². The van der Waals surface area contributed by atoms with Crippen molar-refractivity contribution in [3.05, 3.63) is 48.4 Å². The Labute approximate surface area is 116 Å². The molecule has 3 N–H and O–H groups in total. The zero-order valence-corrected chi connectivity index (χ0v) is 10.9. The molecular formula is C15H15N3O2. The van der Waals surface area contributed by atoms with Crippen LogP contribution in [0.15, 0.2) is 47.0 Å². The van der Waals surface area contributed by atoms with Crippen LogP contribution in [-0.2, 0) is 0 Å². The maximum atomic E-state index is 8.89. The number of hydrogen-bond donors (Lipinski definition) is 2. The SMILES string of the molecule is NC(CCO)c1nc(-c2cccc3ccccc23)no1. The Bertz CT molecular complexity index is 718. The van der Waals surface area contributed by atoms with E-state index in [0.717, 1.165) is 16.3 Å². The van der Waals surface area contributed by atoms with Crippen molar-refractivity contribution in [3.8, 4) is 11.4 Å². The molecule has 3 aromatic rings. The lowest BCUT2D eigenvalue weighted by Gasteiger charge is -2.03. The first-order valence-corrected chi connectivity index (χ1v) is 6.48. The van der Waals surface area contributed by atoms with E-state index in [1.165, 1.54) is 0 Å². The molecule has 5 nitrogen and oxygen atoms in total. The molecule has 0 aliphatic carbocycles. The maximum absolute atomic E-state index is 8.89.